The van der Waals surface area contributed by atoms with Crippen LogP contribution in [0.3, 0.4) is 0 Å². The summed E-state index contributed by atoms with van der Waals surface area (Å²) in [5.41, 5.74) is 0.721. The Morgan fingerprint density at radius 3 is 2.75 bits per heavy atom. The number of hydrogen-bond acceptors (Lipinski definition) is 2. The number of quaternary nitrogens is 1. The molecule has 0 fully saturated rings. The maximum absolute atomic E-state index is 11.7. The van der Waals surface area contributed by atoms with Crippen molar-refractivity contribution in [2.45, 2.75) is 6.92 Å². The Kier molecular flexibility index (Phi) is 4.79. The van der Waals surface area contributed by atoms with Gasteiger partial charge >= 0.3 is 0 Å². The number of anilines is 1. The molecular weight excluding hydrogens is 204 g/mol. The number of methoxy groups -OCH3 is 1. The molecule has 0 aliphatic heterocycles. The summed E-state index contributed by atoms with van der Waals surface area (Å²) in [6.07, 6.45) is 0. The molecule has 0 radical (unpaired) electrons. The van der Waals surface area contributed by atoms with Crippen molar-refractivity contribution in [1.82, 2.24) is 0 Å². The summed E-state index contributed by atoms with van der Waals surface area (Å²) < 4.78 is 5.16. The molecule has 1 aromatic carbocycles. The number of hydrogen-bond donors (Lipinski definition) is 2. The first-order valence-electron chi connectivity index (χ1n) is 5.41. The van der Waals surface area contributed by atoms with Gasteiger partial charge in [-0.1, -0.05) is 12.1 Å². The average Bonchev–Trinajstić information content (AvgIpc) is 2.29. The van der Waals surface area contributed by atoms with Gasteiger partial charge in [-0.15, -0.1) is 0 Å². The van der Waals surface area contributed by atoms with Crippen molar-refractivity contribution < 1.29 is 14.4 Å². The van der Waals surface area contributed by atoms with Gasteiger partial charge in [0.15, 0.2) is 6.54 Å². The first-order valence-corrected chi connectivity index (χ1v) is 5.41. The van der Waals surface area contributed by atoms with E-state index in [0.29, 0.717) is 12.3 Å². The van der Waals surface area contributed by atoms with Gasteiger partial charge in [-0.05, 0) is 19.1 Å². The summed E-state index contributed by atoms with van der Waals surface area (Å²) in [7, 11) is 3.58. The summed E-state index contributed by atoms with van der Waals surface area (Å²) in [6.45, 7) is 3.44. The van der Waals surface area contributed by atoms with Crippen LogP contribution in [0.4, 0.5) is 5.69 Å². The van der Waals surface area contributed by atoms with E-state index in [0.717, 1.165) is 12.2 Å². The quantitative estimate of drug-likeness (QED) is 0.747. The van der Waals surface area contributed by atoms with Gasteiger partial charge in [0.25, 0.3) is 5.91 Å². The zero-order valence-electron chi connectivity index (χ0n) is 10.0. The summed E-state index contributed by atoms with van der Waals surface area (Å²) in [5, 5.41) is 2.84. The third kappa shape index (κ3) is 3.55. The lowest BCUT2D eigenvalue weighted by Gasteiger charge is -2.12. The number of rotatable bonds is 5. The van der Waals surface area contributed by atoms with Crippen LogP contribution in [0.5, 0.6) is 5.75 Å². The Hall–Kier alpha value is -1.55. The van der Waals surface area contributed by atoms with Crippen LogP contribution in [0.15, 0.2) is 24.3 Å². The molecule has 0 saturated carbocycles. The van der Waals surface area contributed by atoms with Gasteiger partial charge in [0, 0.05) is 0 Å². The second kappa shape index (κ2) is 6.12. The number of likely N-dealkylation sites (N-methyl/N-ethyl adjacent to an activating group) is 1. The second-order valence-corrected chi connectivity index (χ2v) is 3.74. The van der Waals surface area contributed by atoms with Crippen LogP contribution in [0.2, 0.25) is 0 Å². The normalized spacial score (nSPS) is 11.9. The van der Waals surface area contributed by atoms with Crippen LogP contribution < -0.4 is 15.0 Å². The zero-order chi connectivity index (χ0) is 12.0. The van der Waals surface area contributed by atoms with Crippen LogP contribution in [0.1, 0.15) is 6.92 Å². The smallest absolute Gasteiger partial charge is 0.279 e. The van der Waals surface area contributed by atoms with Gasteiger partial charge in [0.2, 0.25) is 0 Å². The SMILES string of the molecule is CC[NH+](C)CC(=O)Nc1ccccc1OC. The van der Waals surface area contributed by atoms with E-state index in [1.807, 2.05) is 38.2 Å². The molecule has 1 aromatic rings. The Morgan fingerprint density at radius 2 is 2.12 bits per heavy atom. The van der Waals surface area contributed by atoms with E-state index in [4.69, 9.17) is 4.74 Å². The van der Waals surface area contributed by atoms with E-state index in [-0.39, 0.29) is 5.91 Å². The van der Waals surface area contributed by atoms with Crippen molar-refractivity contribution in [2.75, 3.05) is 32.6 Å². The lowest BCUT2D eigenvalue weighted by molar-refractivity contribution is -0.868. The van der Waals surface area contributed by atoms with E-state index in [1.54, 1.807) is 7.11 Å². The fourth-order valence-electron chi connectivity index (χ4n) is 1.34. The van der Waals surface area contributed by atoms with E-state index in [2.05, 4.69) is 5.32 Å². The lowest BCUT2D eigenvalue weighted by atomic mass is 10.3. The van der Waals surface area contributed by atoms with Crippen molar-refractivity contribution in [3.63, 3.8) is 0 Å². The van der Waals surface area contributed by atoms with Crippen LogP contribution in [-0.4, -0.2) is 33.2 Å². The Balaban J connectivity index is 2.62. The van der Waals surface area contributed by atoms with Gasteiger partial charge in [-0.3, -0.25) is 4.79 Å². The number of nitrogens with one attached hydrogen (secondary N) is 2. The maximum Gasteiger partial charge on any atom is 0.279 e. The summed E-state index contributed by atoms with van der Waals surface area (Å²) >= 11 is 0. The highest BCUT2D eigenvalue weighted by Gasteiger charge is 2.10. The number of carbonyl (C=O) groups excluding carboxylic acids is 1. The van der Waals surface area contributed by atoms with Gasteiger partial charge in [0.1, 0.15) is 5.75 Å². The van der Waals surface area contributed by atoms with Gasteiger partial charge < -0.3 is 15.0 Å². The minimum absolute atomic E-state index is 0.00356. The minimum Gasteiger partial charge on any atom is -0.495 e. The first kappa shape index (κ1) is 12.5. The van der Waals surface area contributed by atoms with E-state index >= 15 is 0 Å². The number of benzene rings is 1. The topological polar surface area (TPSA) is 42.8 Å². The van der Waals surface area contributed by atoms with Gasteiger partial charge in [0.05, 0.1) is 26.4 Å². The molecule has 2 N–H and O–H groups in total. The summed E-state index contributed by atoms with van der Waals surface area (Å²) in [5.74, 6) is 0.689. The highest BCUT2D eigenvalue weighted by Crippen LogP contribution is 2.22. The molecule has 0 bridgehead atoms. The standard InChI is InChI=1S/C12H18N2O2/c1-4-14(2)9-12(15)13-10-7-5-6-8-11(10)16-3/h5-8H,4,9H2,1-3H3,(H,13,15)/p+1. The van der Waals surface area contributed by atoms with Crippen molar-refractivity contribution in [2.24, 2.45) is 0 Å². The third-order valence-electron chi connectivity index (χ3n) is 2.45. The molecule has 0 aliphatic rings. The number of amides is 1. The molecule has 0 spiro atoms. The highest BCUT2D eigenvalue weighted by molar-refractivity contribution is 5.92. The van der Waals surface area contributed by atoms with Crippen LogP contribution >= 0.6 is 0 Å². The molecule has 16 heavy (non-hydrogen) atoms. The molecule has 0 aromatic heterocycles. The lowest BCUT2D eigenvalue weighted by Crippen LogP contribution is -3.09. The number of ether oxygens (including phenoxy) is 1. The molecule has 1 amide bonds. The van der Waals surface area contributed by atoms with Crippen LogP contribution in [-0.2, 0) is 4.79 Å². The molecule has 0 saturated heterocycles. The highest BCUT2D eigenvalue weighted by atomic mass is 16.5. The summed E-state index contributed by atoms with van der Waals surface area (Å²) in [6, 6.07) is 7.40. The molecule has 4 heteroatoms. The van der Waals surface area contributed by atoms with Crippen molar-refractivity contribution in [3.8, 4) is 5.75 Å². The Bertz CT molecular complexity index is 353. The zero-order valence-corrected chi connectivity index (χ0v) is 10.0. The Morgan fingerprint density at radius 1 is 1.44 bits per heavy atom. The largest absolute Gasteiger partial charge is 0.495 e. The first-order chi connectivity index (χ1) is 7.67. The number of para-hydroxylation sites is 2. The molecule has 1 unspecified atom stereocenters. The average molecular weight is 223 g/mol. The van der Waals surface area contributed by atoms with Gasteiger partial charge in [-0.2, -0.15) is 0 Å². The van der Waals surface area contributed by atoms with Gasteiger partial charge in [-0.25, -0.2) is 0 Å². The molecule has 4 nitrogen and oxygen atoms in total. The second-order valence-electron chi connectivity index (χ2n) is 3.74. The predicted molar refractivity (Wildman–Crippen MR) is 63.9 cm³/mol. The monoisotopic (exact) mass is 223 g/mol. The van der Waals surface area contributed by atoms with Crippen LogP contribution in [0, 0.1) is 0 Å². The molecule has 88 valence electrons. The van der Waals surface area contributed by atoms with E-state index < -0.39 is 0 Å². The fourth-order valence-corrected chi connectivity index (χ4v) is 1.34. The number of carbonyl (C=O) groups is 1. The molecule has 1 rings (SSSR count). The molecular formula is C12H19N2O2+. The van der Waals surface area contributed by atoms with Crippen molar-refractivity contribution in [3.05, 3.63) is 24.3 Å². The van der Waals surface area contributed by atoms with Crippen LogP contribution in [0.25, 0.3) is 0 Å². The van der Waals surface area contributed by atoms with Crippen molar-refractivity contribution in [1.29, 1.82) is 0 Å². The maximum atomic E-state index is 11.7. The van der Waals surface area contributed by atoms with E-state index in [1.165, 1.54) is 4.90 Å². The molecule has 0 aliphatic carbocycles. The minimum atomic E-state index is 0.00356. The van der Waals surface area contributed by atoms with Crippen molar-refractivity contribution >= 4 is 11.6 Å². The molecule has 0 heterocycles. The third-order valence-corrected chi connectivity index (χ3v) is 2.45. The summed E-state index contributed by atoms with van der Waals surface area (Å²) in [4.78, 5) is 12.8. The fraction of sp³-hybridized carbons (Fsp3) is 0.417. The molecule has 1 atom stereocenters. The van der Waals surface area contributed by atoms with E-state index in [9.17, 15) is 4.79 Å². The predicted octanol–water partition coefficient (Wildman–Crippen LogP) is 0.168. The Labute approximate surface area is 96.2 Å².